The number of nitro benzene ring substituents is 1. The van der Waals surface area contributed by atoms with Gasteiger partial charge in [0.2, 0.25) is 0 Å². The normalized spacial score (nSPS) is 14.9. The molecule has 0 aliphatic carbocycles. The molecule has 0 heterocycles. The summed E-state index contributed by atoms with van der Waals surface area (Å²) in [5, 5.41) is 19.5. The maximum absolute atomic E-state index is 12.3. The zero-order valence-electron chi connectivity index (χ0n) is 12.2. The molecule has 120 valence electrons. The lowest BCUT2D eigenvalue weighted by Gasteiger charge is -2.27. The van der Waals surface area contributed by atoms with Crippen LogP contribution in [0.25, 0.3) is 0 Å². The molecule has 0 amide bonds. The molecule has 0 fully saturated rings. The minimum atomic E-state index is -1.81. The molecule has 0 spiro atoms. The second-order valence-electron chi connectivity index (χ2n) is 5.10. The highest BCUT2D eigenvalue weighted by atomic mass is 16.6. The summed E-state index contributed by atoms with van der Waals surface area (Å²) in [6.07, 6.45) is -0.108. The summed E-state index contributed by atoms with van der Waals surface area (Å²) in [6, 6.07) is 4.55. The van der Waals surface area contributed by atoms with Crippen LogP contribution in [0.4, 0.5) is 5.69 Å². The largest absolute Gasteiger partial charge is 0.396 e. The van der Waals surface area contributed by atoms with Gasteiger partial charge in [-0.3, -0.25) is 19.7 Å². The molecule has 5 N–H and O–H groups in total. The Kier molecular flexibility index (Phi) is 5.86. The lowest BCUT2D eigenvalue weighted by Crippen LogP contribution is -2.60. The van der Waals surface area contributed by atoms with Crippen LogP contribution < -0.4 is 11.5 Å². The summed E-state index contributed by atoms with van der Waals surface area (Å²) in [7, 11) is 0. The molecule has 1 unspecified atom stereocenters. The Hall–Kier alpha value is -2.16. The summed E-state index contributed by atoms with van der Waals surface area (Å²) in [5.41, 5.74) is 10.3. The number of non-ortho nitro benzene ring substituents is 1. The Morgan fingerprint density at radius 2 is 1.91 bits per heavy atom. The van der Waals surface area contributed by atoms with Crippen molar-refractivity contribution in [2.75, 3.05) is 6.61 Å². The number of benzene rings is 1. The quantitative estimate of drug-likeness (QED) is 0.339. The number of carbonyl (C=O) groups is 2. The van der Waals surface area contributed by atoms with Crippen LogP contribution in [0.15, 0.2) is 24.3 Å². The van der Waals surface area contributed by atoms with E-state index >= 15 is 0 Å². The number of nitro groups is 1. The van der Waals surface area contributed by atoms with Crippen LogP contribution in [0.3, 0.4) is 0 Å². The first-order chi connectivity index (χ1) is 10.2. The van der Waals surface area contributed by atoms with Gasteiger partial charge in [0.1, 0.15) is 5.54 Å². The van der Waals surface area contributed by atoms with Crippen LogP contribution in [-0.2, 0) is 16.0 Å². The molecular weight excluding hydrogens is 290 g/mol. The molecule has 8 nitrogen and oxygen atoms in total. The Morgan fingerprint density at radius 1 is 1.36 bits per heavy atom. The molecule has 0 saturated heterocycles. The summed E-state index contributed by atoms with van der Waals surface area (Å²) in [4.78, 5) is 33.9. The van der Waals surface area contributed by atoms with Crippen molar-refractivity contribution >= 4 is 17.3 Å². The third-order valence-corrected chi connectivity index (χ3v) is 3.51. The molecule has 8 heteroatoms. The van der Waals surface area contributed by atoms with E-state index in [-0.39, 0.29) is 18.5 Å². The molecular formula is C14H19N3O5. The molecule has 0 aliphatic heterocycles. The number of Topliss-reactive ketones (excluding diaryl/α,β-unsaturated/α-hetero) is 2. The SMILES string of the molecule is CC(=O)C(N)(CCO)C(=O)[C@@H](N)Cc1ccc([N+](=O)[O-])cc1. The van der Waals surface area contributed by atoms with E-state index in [0.29, 0.717) is 5.56 Å². The van der Waals surface area contributed by atoms with E-state index in [0.717, 1.165) is 0 Å². The minimum absolute atomic E-state index is 0.0687. The van der Waals surface area contributed by atoms with Gasteiger partial charge in [0.05, 0.1) is 11.0 Å². The van der Waals surface area contributed by atoms with Crippen LogP contribution in [-0.4, -0.2) is 39.8 Å². The predicted molar refractivity (Wildman–Crippen MR) is 79.1 cm³/mol. The monoisotopic (exact) mass is 309 g/mol. The molecule has 2 atom stereocenters. The fraction of sp³-hybridized carbons (Fsp3) is 0.429. The third-order valence-electron chi connectivity index (χ3n) is 3.51. The highest BCUT2D eigenvalue weighted by Gasteiger charge is 2.41. The van der Waals surface area contributed by atoms with E-state index in [1.807, 2.05) is 0 Å². The van der Waals surface area contributed by atoms with Crippen molar-refractivity contribution in [3.05, 3.63) is 39.9 Å². The van der Waals surface area contributed by atoms with Crippen molar-refractivity contribution in [2.45, 2.75) is 31.3 Å². The van der Waals surface area contributed by atoms with Crippen LogP contribution in [0, 0.1) is 10.1 Å². The Balaban J connectivity index is 2.86. The predicted octanol–water partition coefficient (Wildman–Crippen LogP) is -0.297. The van der Waals surface area contributed by atoms with Gasteiger partial charge >= 0.3 is 0 Å². The van der Waals surface area contributed by atoms with Gasteiger partial charge in [-0.05, 0) is 18.9 Å². The van der Waals surface area contributed by atoms with Gasteiger partial charge in [-0.2, -0.15) is 0 Å². The second-order valence-corrected chi connectivity index (χ2v) is 5.10. The van der Waals surface area contributed by atoms with Gasteiger partial charge in [0, 0.05) is 25.2 Å². The summed E-state index contributed by atoms with van der Waals surface area (Å²) >= 11 is 0. The number of hydrogen-bond acceptors (Lipinski definition) is 7. The highest BCUT2D eigenvalue weighted by Crippen LogP contribution is 2.16. The van der Waals surface area contributed by atoms with Crippen molar-refractivity contribution < 1.29 is 19.6 Å². The molecule has 1 aromatic rings. The van der Waals surface area contributed by atoms with Crippen LogP contribution in [0.2, 0.25) is 0 Å². The van der Waals surface area contributed by atoms with Crippen molar-refractivity contribution in [3.8, 4) is 0 Å². The average molecular weight is 309 g/mol. The van der Waals surface area contributed by atoms with E-state index in [1.54, 1.807) is 0 Å². The standard InChI is InChI=1S/C14H19N3O5/c1-9(19)14(16,6-7-18)13(20)12(15)8-10-2-4-11(5-3-10)17(21)22/h2-5,12,18H,6-8,15-16H2,1H3/t12-,14?/m0/s1. The number of hydrogen-bond donors (Lipinski definition) is 3. The van der Waals surface area contributed by atoms with Crippen LogP contribution in [0.1, 0.15) is 18.9 Å². The van der Waals surface area contributed by atoms with Gasteiger partial charge in [0.25, 0.3) is 5.69 Å². The molecule has 0 saturated carbocycles. The number of aliphatic hydroxyl groups excluding tert-OH is 1. The Morgan fingerprint density at radius 3 is 2.32 bits per heavy atom. The molecule has 0 radical (unpaired) electrons. The van der Waals surface area contributed by atoms with E-state index in [1.165, 1.54) is 31.2 Å². The number of ketones is 2. The molecule has 0 aliphatic rings. The number of nitrogens with zero attached hydrogens (tertiary/aromatic N) is 1. The molecule has 0 aromatic heterocycles. The van der Waals surface area contributed by atoms with Crippen molar-refractivity contribution in [1.82, 2.24) is 0 Å². The zero-order chi connectivity index (χ0) is 16.9. The summed E-state index contributed by atoms with van der Waals surface area (Å²) < 4.78 is 0. The third kappa shape index (κ3) is 3.94. The lowest BCUT2D eigenvalue weighted by atomic mass is 9.82. The maximum Gasteiger partial charge on any atom is 0.269 e. The smallest absolute Gasteiger partial charge is 0.269 e. The van der Waals surface area contributed by atoms with Crippen LogP contribution in [0.5, 0.6) is 0 Å². The molecule has 1 aromatic carbocycles. The van der Waals surface area contributed by atoms with Gasteiger partial charge in [0.15, 0.2) is 11.6 Å². The first kappa shape index (κ1) is 17.9. The number of nitrogens with two attached hydrogens (primary N) is 2. The summed E-state index contributed by atoms with van der Waals surface area (Å²) in [6.45, 7) is 0.762. The Bertz CT molecular complexity index is 572. The van der Waals surface area contributed by atoms with Gasteiger partial charge in [-0.15, -0.1) is 0 Å². The van der Waals surface area contributed by atoms with Gasteiger partial charge in [-0.1, -0.05) is 12.1 Å². The van der Waals surface area contributed by atoms with Crippen molar-refractivity contribution in [2.24, 2.45) is 11.5 Å². The average Bonchev–Trinajstić information content (AvgIpc) is 2.46. The first-order valence-corrected chi connectivity index (χ1v) is 6.66. The molecule has 1 rings (SSSR count). The summed E-state index contributed by atoms with van der Waals surface area (Å²) in [5.74, 6) is -1.22. The second kappa shape index (κ2) is 7.21. The van der Waals surface area contributed by atoms with Crippen molar-refractivity contribution in [3.63, 3.8) is 0 Å². The fourth-order valence-corrected chi connectivity index (χ4v) is 2.08. The Labute approximate surface area is 127 Å². The number of aliphatic hydroxyl groups is 1. The minimum Gasteiger partial charge on any atom is -0.396 e. The highest BCUT2D eigenvalue weighted by molar-refractivity contribution is 6.12. The fourth-order valence-electron chi connectivity index (χ4n) is 2.08. The zero-order valence-corrected chi connectivity index (χ0v) is 12.2. The van der Waals surface area contributed by atoms with E-state index in [2.05, 4.69) is 0 Å². The maximum atomic E-state index is 12.3. The lowest BCUT2D eigenvalue weighted by molar-refractivity contribution is -0.384. The molecule has 0 bridgehead atoms. The van der Waals surface area contributed by atoms with E-state index in [4.69, 9.17) is 16.6 Å². The molecule has 22 heavy (non-hydrogen) atoms. The van der Waals surface area contributed by atoms with Crippen molar-refractivity contribution in [1.29, 1.82) is 0 Å². The number of rotatable bonds is 8. The van der Waals surface area contributed by atoms with Crippen LogP contribution >= 0.6 is 0 Å². The first-order valence-electron chi connectivity index (χ1n) is 6.66. The van der Waals surface area contributed by atoms with Gasteiger partial charge < -0.3 is 16.6 Å². The van der Waals surface area contributed by atoms with E-state index < -0.39 is 34.7 Å². The number of carbonyl (C=O) groups excluding carboxylic acids is 2. The topological polar surface area (TPSA) is 150 Å². The van der Waals surface area contributed by atoms with Gasteiger partial charge in [-0.25, -0.2) is 0 Å². The van der Waals surface area contributed by atoms with E-state index in [9.17, 15) is 19.7 Å².